The Kier molecular flexibility index (Phi) is 3.84. The largest absolute Gasteiger partial charge is 0.340 e. The van der Waals surface area contributed by atoms with Gasteiger partial charge in [0.1, 0.15) is 0 Å². The van der Waals surface area contributed by atoms with Crippen LogP contribution in [0.1, 0.15) is 19.7 Å². The van der Waals surface area contributed by atoms with E-state index >= 15 is 0 Å². The number of aromatic nitrogens is 2. The van der Waals surface area contributed by atoms with Crippen LogP contribution >= 0.6 is 0 Å². The topological polar surface area (TPSA) is 38.9 Å². The Morgan fingerprint density at radius 3 is 2.25 bits per heavy atom. The maximum atomic E-state index is 4.47. The Bertz CT molecular complexity index is 114. The van der Waals surface area contributed by atoms with Crippen molar-refractivity contribution < 1.29 is 4.52 Å². The third-order valence-electron chi connectivity index (χ3n) is 0.471. The van der Waals surface area contributed by atoms with Crippen LogP contribution in [0.2, 0.25) is 0 Å². The molecule has 0 saturated carbocycles. The molecule has 1 aromatic heterocycles. The smallest absolute Gasteiger partial charge is 0.223 e. The van der Waals surface area contributed by atoms with Crippen LogP contribution in [0.5, 0.6) is 0 Å². The average molecular weight is 114 g/mol. The highest BCUT2D eigenvalue weighted by Crippen LogP contribution is 1.80. The van der Waals surface area contributed by atoms with Crippen molar-refractivity contribution in [2.24, 2.45) is 0 Å². The van der Waals surface area contributed by atoms with Gasteiger partial charge in [0.2, 0.25) is 5.89 Å². The van der Waals surface area contributed by atoms with Crippen LogP contribution < -0.4 is 0 Å². The molecule has 46 valence electrons. The Balaban J connectivity index is 0.000000222. The minimum atomic E-state index is 0.606. The van der Waals surface area contributed by atoms with Crippen molar-refractivity contribution in [2.45, 2.75) is 20.8 Å². The molecule has 0 aliphatic heterocycles. The summed E-state index contributed by atoms with van der Waals surface area (Å²) in [7, 11) is 0. The second kappa shape index (κ2) is 4.30. The number of nitrogens with zero attached hydrogens (tertiary/aromatic N) is 2. The molecule has 0 N–H and O–H groups in total. The highest BCUT2D eigenvalue weighted by atomic mass is 16.5. The number of hydrogen-bond acceptors (Lipinski definition) is 3. The molecule has 1 rings (SSSR count). The van der Waals surface area contributed by atoms with Crippen LogP contribution in [0, 0.1) is 6.92 Å². The fraction of sp³-hybridized carbons (Fsp3) is 0.600. The van der Waals surface area contributed by atoms with E-state index in [1.54, 1.807) is 6.92 Å². The van der Waals surface area contributed by atoms with Crippen LogP contribution in [0.3, 0.4) is 0 Å². The third kappa shape index (κ3) is 2.34. The van der Waals surface area contributed by atoms with E-state index in [1.165, 1.54) is 6.33 Å². The van der Waals surface area contributed by atoms with Crippen LogP contribution in [0.4, 0.5) is 0 Å². The lowest BCUT2D eigenvalue weighted by Gasteiger charge is -1.63. The number of rotatable bonds is 0. The zero-order valence-corrected chi connectivity index (χ0v) is 5.38. The van der Waals surface area contributed by atoms with Gasteiger partial charge in [0.25, 0.3) is 0 Å². The van der Waals surface area contributed by atoms with E-state index < -0.39 is 0 Å². The zero-order chi connectivity index (χ0) is 6.41. The maximum absolute atomic E-state index is 4.47. The minimum absolute atomic E-state index is 0.606. The van der Waals surface area contributed by atoms with E-state index in [0.717, 1.165) is 0 Å². The molecule has 0 unspecified atom stereocenters. The van der Waals surface area contributed by atoms with E-state index in [1.807, 2.05) is 13.8 Å². The molecule has 0 amide bonds. The van der Waals surface area contributed by atoms with Gasteiger partial charge in [-0.25, -0.2) is 0 Å². The van der Waals surface area contributed by atoms with Gasteiger partial charge in [-0.15, -0.1) is 0 Å². The van der Waals surface area contributed by atoms with E-state index in [0.29, 0.717) is 5.89 Å². The van der Waals surface area contributed by atoms with Crippen LogP contribution in [0.15, 0.2) is 10.9 Å². The van der Waals surface area contributed by atoms with Gasteiger partial charge in [-0.3, -0.25) is 0 Å². The molecule has 0 radical (unpaired) electrons. The molecule has 8 heavy (non-hydrogen) atoms. The monoisotopic (exact) mass is 114 g/mol. The second-order valence-corrected chi connectivity index (χ2v) is 0.960. The van der Waals surface area contributed by atoms with Crippen molar-refractivity contribution in [1.82, 2.24) is 10.1 Å². The quantitative estimate of drug-likeness (QED) is 0.511. The molecule has 0 aliphatic rings. The highest BCUT2D eigenvalue weighted by Gasteiger charge is 1.79. The molecule has 3 heteroatoms. The zero-order valence-electron chi connectivity index (χ0n) is 5.38. The molecule has 0 spiro atoms. The molecular weight excluding hydrogens is 104 g/mol. The summed E-state index contributed by atoms with van der Waals surface area (Å²) in [4.78, 5) is 3.64. The molecule has 1 heterocycles. The minimum Gasteiger partial charge on any atom is -0.340 e. The first kappa shape index (κ1) is 7.14. The summed E-state index contributed by atoms with van der Waals surface area (Å²) in [6, 6.07) is 0. The average Bonchev–Trinajstić information content (AvgIpc) is 2.24. The summed E-state index contributed by atoms with van der Waals surface area (Å²) in [6.07, 6.45) is 1.37. The van der Waals surface area contributed by atoms with Crippen molar-refractivity contribution in [3.05, 3.63) is 12.2 Å². The summed E-state index contributed by atoms with van der Waals surface area (Å²) in [5.74, 6) is 0.606. The van der Waals surface area contributed by atoms with Gasteiger partial charge in [-0.05, 0) is 0 Å². The molecule has 0 aliphatic carbocycles. The third-order valence-corrected chi connectivity index (χ3v) is 0.471. The van der Waals surface area contributed by atoms with Crippen molar-refractivity contribution in [1.29, 1.82) is 0 Å². The van der Waals surface area contributed by atoms with Gasteiger partial charge < -0.3 is 4.52 Å². The van der Waals surface area contributed by atoms with Gasteiger partial charge in [0, 0.05) is 6.92 Å². The molecule has 0 aromatic carbocycles. The van der Waals surface area contributed by atoms with E-state index in [4.69, 9.17) is 0 Å². The van der Waals surface area contributed by atoms with Crippen LogP contribution in [-0.4, -0.2) is 10.1 Å². The summed E-state index contributed by atoms with van der Waals surface area (Å²) in [5, 5.41) is 3.34. The molecule has 0 bridgehead atoms. The molecule has 3 nitrogen and oxygen atoms in total. The first-order chi connectivity index (χ1) is 3.89. The van der Waals surface area contributed by atoms with Gasteiger partial charge in [0.15, 0.2) is 6.33 Å². The normalized spacial score (nSPS) is 7.38. The van der Waals surface area contributed by atoms with E-state index in [-0.39, 0.29) is 0 Å². The van der Waals surface area contributed by atoms with Crippen molar-refractivity contribution >= 4 is 0 Å². The summed E-state index contributed by atoms with van der Waals surface area (Å²) < 4.78 is 4.47. The lowest BCUT2D eigenvalue weighted by atomic mass is 10.8. The Labute approximate surface area is 48.7 Å². The molecule has 0 fully saturated rings. The molecule has 0 atom stereocenters. The summed E-state index contributed by atoms with van der Waals surface area (Å²) in [5.41, 5.74) is 0. The fourth-order valence-corrected chi connectivity index (χ4v) is 0.228. The van der Waals surface area contributed by atoms with Crippen molar-refractivity contribution in [2.75, 3.05) is 0 Å². The SMILES string of the molecule is CC.Cc1ncno1. The number of aryl methyl sites for hydroxylation is 1. The van der Waals surface area contributed by atoms with Gasteiger partial charge in [-0.1, -0.05) is 19.0 Å². The van der Waals surface area contributed by atoms with Crippen molar-refractivity contribution in [3.63, 3.8) is 0 Å². The van der Waals surface area contributed by atoms with E-state index in [2.05, 4.69) is 14.7 Å². The van der Waals surface area contributed by atoms with Gasteiger partial charge >= 0.3 is 0 Å². The maximum Gasteiger partial charge on any atom is 0.223 e. The molecule has 1 aromatic rings. The Hall–Kier alpha value is -0.860. The number of hydrogen-bond donors (Lipinski definition) is 0. The lowest BCUT2D eigenvalue weighted by Crippen LogP contribution is -1.59. The first-order valence-electron chi connectivity index (χ1n) is 2.63. The van der Waals surface area contributed by atoms with Crippen molar-refractivity contribution in [3.8, 4) is 0 Å². The van der Waals surface area contributed by atoms with Crippen LogP contribution in [-0.2, 0) is 0 Å². The highest BCUT2D eigenvalue weighted by molar-refractivity contribution is 4.62. The first-order valence-corrected chi connectivity index (χ1v) is 2.63. The fourth-order valence-electron chi connectivity index (χ4n) is 0.228. The summed E-state index contributed by atoms with van der Waals surface area (Å²) in [6.45, 7) is 5.74. The standard InChI is InChI=1S/C3H4N2O.C2H6/c1-3-4-2-5-6-3;1-2/h2H,1H3;1-2H3. The molecule has 0 saturated heterocycles. The van der Waals surface area contributed by atoms with Gasteiger partial charge in [-0.2, -0.15) is 4.98 Å². The predicted molar refractivity (Wildman–Crippen MR) is 30.4 cm³/mol. The van der Waals surface area contributed by atoms with E-state index in [9.17, 15) is 0 Å². The van der Waals surface area contributed by atoms with Crippen LogP contribution in [0.25, 0.3) is 0 Å². The van der Waals surface area contributed by atoms with Gasteiger partial charge in [0.05, 0.1) is 0 Å². The lowest BCUT2D eigenvalue weighted by molar-refractivity contribution is 0.392. The summed E-state index contributed by atoms with van der Waals surface area (Å²) >= 11 is 0. The molecular formula is C5H10N2O. The second-order valence-electron chi connectivity index (χ2n) is 0.960. The predicted octanol–water partition coefficient (Wildman–Crippen LogP) is 1.40. The Morgan fingerprint density at radius 2 is 2.12 bits per heavy atom. The Morgan fingerprint density at radius 1 is 1.50 bits per heavy atom.